The summed E-state index contributed by atoms with van der Waals surface area (Å²) in [4.78, 5) is 36.1. The van der Waals surface area contributed by atoms with Crippen molar-refractivity contribution in [3.8, 4) is 11.5 Å². The summed E-state index contributed by atoms with van der Waals surface area (Å²) in [7, 11) is 1.47. The third-order valence-corrected chi connectivity index (χ3v) is 6.99. The summed E-state index contributed by atoms with van der Waals surface area (Å²) in [6.07, 6.45) is 0.721. The highest BCUT2D eigenvalue weighted by Crippen LogP contribution is 2.43. The number of carbonyl (C=O) groups excluding carboxylic acids is 2. The fourth-order valence-corrected chi connectivity index (χ4v) is 5.23. The number of fused-ring (bicyclic) bond motifs is 3. The number of hydrogen-bond donors (Lipinski definition) is 1. The van der Waals surface area contributed by atoms with Crippen molar-refractivity contribution in [1.82, 2.24) is 14.5 Å². The summed E-state index contributed by atoms with van der Waals surface area (Å²) in [6.45, 7) is 6.24. The van der Waals surface area contributed by atoms with Crippen molar-refractivity contribution in [1.29, 1.82) is 0 Å². The second kappa shape index (κ2) is 10.8. The topological polar surface area (TPSA) is 106 Å². The molecule has 37 heavy (non-hydrogen) atoms. The van der Waals surface area contributed by atoms with E-state index in [0.717, 1.165) is 37.1 Å². The van der Waals surface area contributed by atoms with Gasteiger partial charge in [0.25, 0.3) is 0 Å². The van der Waals surface area contributed by atoms with Gasteiger partial charge in [-0.1, -0.05) is 18.2 Å². The van der Waals surface area contributed by atoms with Crippen LogP contribution >= 0.6 is 0 Å². The number of esters is 1. The highest BCUT2D eigenvalue weighted by atomic mass is 16.5. The van der Waals surface area contributed by atoms with Crippen LogP contribution in [0, 0.1) is 5.92 Å². The molecule has 1 saturated heterocycles. The van der Waals surface area contributed by atoms with E-state index in [9.17, 15) is 14.7 Å². The van der Waals surface area contributed by atoms with Crippen molar-refractivity contribution >= 4 is 28.9 Å². The first-order chi connectivity index (χ1) is 18.0. The summed E-state index contributed by atoms with van der Waals surface area (Å²) in [5, 5.41) is 10.5. The van der Waals surface area contributed by atoms with Crippen LogP contribution in [-0.4, -0.2) is 84.5 Å². The number of benzene rings is 2. The number of rotatable bonds is 8. The molecule has 2 aromatic carbocycles. The molecule has 1 aromatic heterocycles. The molecule has 0 aliphatic carbocycles. The lowest BCUT2D eigenvalue weighted by molar-refractivity contribution is -0.153. The van der Waals surface area contributed by atoms with Crippen LogP contribution in [0.2, 0.25) is 0 Å². The Morgan fingerprint density at radius 3 is 2.68 bits per heavy atom. The molecule has 2 aliphatic rings. The first-order valence-corrected chi connectivity index (χ1v) is 12.7. The summed E-state index contributed by atoms with van der Waals surface area (Å²) in [5.74, 6) is -1.39. The van der Waals surface area contributed by atoms with E-state index in [2.05, 4.69) is 4.90 Å². The second-order valence-electron chi connectivity index (χ2n) is 9.17. The lowest BCUT2D eigenvalue weighted by atomic mass is 9.89. The maximum absolute atomic E-state index is 14.0. The zero-order valence-corrected chi connectivity index (χ0v) is 21.1. The van der Waals surface area contributed by atoms with Gasteiger partial charge in [-0.15, -0.1) is 0 Å². The number of amides is 1. The fraction of sp³-hybridized carbons (Fsp3) is 0.444. The number of carbonyl (C=O) groups is 2. The first kappa shape index (κ1) is 25.0. The molecule has 1 fully saturated rings. The normalized spacial score (nSPS) is 20.2. The van der Waals surface area contributed by atoms with Gasteiger partial charge in [-0.3, -0.25) is 19.4 Å². The Hall–Kier alpha value is -3.63. The van der Waals surface area contributed by atoms with Crippen molar-refractivity contribution < 1.29 is 28.9 Å². The van der Waals surface area contributed by atoms with Crippen LogP contribution < -0.4 is 9.64 Å². The quantitative estimate of drug-likeness (QED) is 0.366. The standard InChI is InChI=1S/C27H32N4O6/c1-3-37-26(34)23-24(18-9-10-22(35-2)21(32)17-18)31-20-8-5-4-7-19(20)28-27(31)30(25(23)33)12-6-11-29-13-15-36-16-14-29/h4-5,7-10,17,23-24,32H,3,6,11-16H2,1-2H3/t23-,24-/m1/s1. The molecule has 0 spiro atoms. The Bertz CT molecular complexity index is 1290. The van der Waals surface area contributed by atoms with E-state index in [1.54, 1.807) is 24.0 Å². The number of nitrogens with zero attached hydrogens (tertiary/aromatic N) is 4. The number of para-hydroxylation sites is 2. The Morgan fingerprint density at radius 2 is 1.95 bits per heavy atom. The number of hydrogen-bond acceptors (Lipinski definition) is 8. The molecule has 3 heterocycles. The Kier molecular flexibility index (Phi) is 7.29. The van der Waals surface area contributed by atoms with E-state index in [0.29, 0.717) is 37.0 Å². The minimum atomic E-state index is -1.14. The molecule has 0 radical (unpaired) electrons. The monoisotopic (exact) mass is 508 g/mol. The van der Waals surface area contributed by atoms with Crippen LogP contribution in [0.1, 0.15) is 24.9 Å². The van der Waals surface area contributed by atoms with E-state index in [-0.39, 0.29) is 18.3 Å². The average molecular weight is 509 g/mol. The predicted molar refractivity (Wildman–Crippen MR) is 137 cm³/mol. The minimum Gasteiger partial charge on any atom is -0.504 e. The maximum atomic E-state index is 14.0. The van der Waals surface area contributed by atoms with Crippen LogP contribution in [0.3, 0.4) is 0 Å². The van der Waals surface area contributed by atoms with Crippen LogP contribution in [0.5, 0.6) is 11.5 Å². The summed E-state index contributed by atoms with van der Waals surface area (Å²) in [6, 6.07) is 11.8. The van der Waals surface area contributed by atoms with E-state index in [1.165, 1.54) is 13.2 Å². The van der Waals surface area contributed by atoms with Gasteiger partial charge in [0, 0.05) is 26.2 Å². The largest absolute Gasteiger partial charge is 0.504 e. The maximum Gasteiger partial charge on any atom is 0.321 e. The number of morpholine rings is 1. The molecule has 5 rings (SSSR count). The van der Waals surface area contributed by atoms with Crippen molar-refractivity contribution in [3.05, 3.63) is 48.0 Å². The van der Waals surface area contributed by atoms with E-state index >= 15 is 0 Å². The number of ether oxygens (including phenoxy) is 3. The van der Waals surface area contributed by atoms with Gasteiger partial charge < -0.3 is 23.9 Å². The molecule has 0 unspecified atom stereocenters. The molecule has 2 aliphatic heterocycles. The Balaban J connectivity index is 1.59. The molecular weight excluding hydrogens is 476 g/mol. The number of imidazole rings is 1. The third kappa shape index (κ3) is 4.74. The van der Waals surface area contributed by atoms with Crippen molar-refractivity contribution in [3.63, 3.8) is 0 Å². The molecule has 1 amide bonds. The third-order valence-electron chi connectivity index (χ3n) is 6.99. The van der Waals surface area contributed by atoms with Gasteiger partial charge in [0.05, 0.1) is 44.0 Å². The molecule has 2 atom stereocenters. The van der Waals surface area contributed by atoms with Crippen LogP contribution in [0.25, 0.3) is 11.0 Å². The molecule has 196 valence electrons. The smallest absolute Gasteiger partial charge is 0.321 e. The van der Waals surface area contributed by atoms with E-state index in [4.69, 9.17) is 19.2 Å². The van der Waals surface area contributed by atoms with Gasteiger partial charge in [-0.2, -0.15) is 0 Å². The van der Waals surface area contributed by atoms with Gasteiger partial charge in [0.2, 0.25) is 11.9 Å². The van der Waals surface area contributed by atoms with Gasteiger partial charge in [0.15, 0.2) is 17.4 Å². The highest BCUT2D eigenvalue weighted by molar-refractivity contribution is 6.08. The molecule has 3 aromatic rings. The van der Waals surface area contributed by atoms with Gasteiger partial charge in [-0.05, 0) is 43.2 Å². The summed E-state index contributed by atoms with van der Waals surface area (Å²) < 4.78 is 18.0. The Labute approximate surface area is 215 Å². The number of aromatic hydroxyl groups is 1. The SMILES string of the molecule is CCOC(=O)[C@H]1C(=O)N(CCCN2CCOCC2)c2nc3ccccc3n2[C@@H]1c1ccc(OC)c(O)c1. The van der Waals surface area contributed by atoms with Crippen molar-refractivity contribution in [2.24, 2.45) is 5.92 Å². The molecule has 0 saturated carbocycles. The molecule has 10 nitrogen and oxygen atoms in total. The zero-order chi connectivity index (χ0) is 25.9. The fourth-order valence-electron chi connectivity index (χ4n) is 5.23. The first-order valence-electron chi connectivity index (χ1n) is 12.7. The van der Waals surface area contributed by atoms with E-state index in [1.807, 2.05) is 28.8 Å². The predicted octanol–water partition coefficient (Wildman–Crippen LogP) is 2.59. The van der Waals surface area contributed by atoms with Crippen LogP contribution in [-0.2, 0) is 19.1 Å². The number of aromatic nitrogens is 2. The van der Waals surface area contributed by atoms with Gasteiger partial charge in [0.1, 0.15) is 0 Å². The summed E-state index contributed by atoms with van der Waals surface area (Å²) >= 11 is 0. The summed E-state index contributed by atoms with van der Waals surface area (Å²) in [5.41, 5.74) is 2.09. The lowest BCUT2D eigenvalue weighted by Crippen LogP contribution is -2.51. The minimum absolute atomic E-state index is 0.0750. The number of methoxy groups -OCH3 is 1. The highest BCUT2D eigenvalue weighted by Gasteiger charge is 2.47. The van der Waals surface area contributed by atoms with Crippen LogP contribution in [0.15, 0.2) is 42.5 Å². The van der Waals surface area contributed by atoms with Gasteiger partial charge in [-0.25, -0.2) is 4.98 Å². The molecular formula is C27H32N4O6. The van der Waals surface area contributed by atoms with Crippen LogP contribution in [0.4, 0.5) is 5.95 Å². The number of anilines is 1. The van der Waals surface area contributed by atoms with Crippen molar-refractivity contribution in [2.45, 2.75) is 19.4 Å². The number of phenolic OH excluding ortho intramolecular Hbond substituents is 1. The van der Waals surface area contributed by atoms with E-state index < -0.39 is 17.9 Å². The second-order valence-corrected chi connectivity index (χ2v) is 9.17. The van der Waals surface area contributed by atoms with Gasteiger partial charge >= 0.3 is 5.97 Å². The lowest BCUT2D eigenvalue weighted by Gasteiger charge is -2.38. The zero-order valence-electron chi connectivity index (χ0n) is 21.1. The van der Waals surface area contributed by atoms with Crippen molar-refractivity contribution in [2.75, 3.05) is 58.0 Å². The Morgan fingerprint density at radius 1 is 1.16 bits per heavy atom. The molecule has 1 N–H and O–H groups in total. The average Bonchev–Trinajstić information content (AvgIpc) is 3.29. The molecule has 10 heteroatoms. The molecule has 0 bridgehead atoms. The number of phenols is 1.